The minimum absolute atomic E-state index is 0.572. The van der Waals surface area contributed by atoms with Crippen LogP contribution in [0.5, 0.6) is 11.5 Å². The van der Waals surface area contributed by atoms with Crippen LogP contribution in [0.3, 0.4) is 0 Å². The lowest BCUT2D eigenvalue weighted by Crippen LogP contribution is -2.33. The number of ether oxygens (including phenoxy) is 1. The van der Waals surface area contributed by atoms with Gasteiger partial charge in [0.25, 0.3) is 0 Å². The monoisotopic (exact) mass is 806 g/mol. The second kappa shape index (κ2) is 22.0. The highest BCUT2D eigenvalue weighted by Crippen LogP contribution is 2.43. The molecule has 0 aliphatic carbocycles. The average Bonchev–Trinajstić information content (AvgIpc) is 3.30. The number of terminal acetylenes is 2. The Hall–Kier alpha value is -7.06. The first-order chi connectivity index (χ1) is 29.2. The summed E-state index contributed by atoms with van der Waals surface area (Å²) in [6, 6.07) is 53.7. The quantitative estimate of drug-likeness (QED) is 0.0238. The molecule has 6 rings (SSSR count). The molecule has 0 aliphatic heterocycles. The van der Waals surface area contributed by atoms with Gasteiger partial charge in [0.05, 0.1) is 0 Å². The van der Waals surface area contributed by atoms with Gasteiger partial charge in [-0.1, -0.05) is 156 Å². The van der Waals surface area contributed by atoms with Crippen molar-refractivity contribution in [3.8, 4) is 82.2 Å². The van der Waals surface area contributed by atoms with E-state index < -0.39 is 11.2 Å². The van der Waals surface area contributed by atoms with E-state index in [0.717, 1.165) is 33.4 Å². The molecule has 0 bridgehead atoms. The SMILES string of the molecule is C#CC#CC#CSOOOC(c1ccccc1)(c1ccccc1)c1ccc(Oc2ccc(C(OOOSC#CC#CC#C)(c3ccccc3)c3ccccc3)cc2)cc1. The fourth-order valence-electron chi connectivity index (χ4n) is 6.05. The molecule has 0 heterocycles. The molecular formula is C50H30O7S2. The van der Waals surface area contributed by atoms with Crippen molar-refractivity contribution in [2.45, 2.75) is 11.2 Å². The van der Waals surface area contributed by atoms with E-state index in [-0.39, 0.29) is 0 Å². The molecule has 6 aromatic carbocycles. The topological polar surface area (TPSA) is 64.6 Å². The van der Waals surface area contributed by atoms with Crippen LogP contribution in [-0.4, -0.2) is 0 Å². The summed E-state index contributed by atoms with van der Waals surface area (Å²) in [5.41, 5.74) is 2.09. The molecule has 0 spiro atoms. The normalized spacial score (nSPS) is 10.3. The summed E-state index contributed by atoms with van der Waals surface area (Å²) in [6.07, 6.45) is 10.3. The lowest BCUT2D eigenvalue weighted by molar-refractivity contribution is -0.490. The smallest absolute Gasteiger partial charge is 0.182 e. The Bertz CT molecular complexity index is 2350. The van der Waals surface area contributed by atoms with Crippen LogP contribution in [0.2, 0.25) is 0 Å². The molecule has 9 heteroatoms. The minimum atomic E-state index is -1.26. The maximum atomic E-state index is 6.37. The predicted octanol–water partition coefficient (Wildman–Crippen LogP) is 10.3. The van der Waals surface area contributed by atoms with E-state index >= 15 is 0 Å². The number of rotatable bonds is 16. The first-order valence-electron chi connectivity index (χ1n) is 17.6. The zero-order valence-corrected chi connectivity index (χ0v) is 32.6. The summed E-state index contributed by atoms with van der Waals surface area (Å²) in [5, 5.41) is 15.9. The highest BCUT2D eigenvalue weighted by atomic mass is 32.2. The summed E-state index contributed by atoms with van der Waals surface area (Å²) in [4.78, 5) is 12.4. The van der Waals surface area contributed by atoms with E-state index in [4.69, 9.17) is 46.1 Å². The zero-order chi connectivity index (χ0) is 40.9. The van der Waals surface area contributed by atoms with E-state index in [1.807, 2.05) is 170 Å². The molecule has 59 heavy (non-hydrogen) atoms. The molecule has 0 unspecified atom stereocenters. The van der Waals surface area contributed by atoms with Crippen LogP contribution in [0.4, 0.5) is 0 Å². The Morgan fingerprint density at radius 3 is 0.966 bits per heavy atom. The summed E-state index contributed by atoms with van der Waals surface area (Å²) >= 11 is 1.41. The molecule has 0 radical (unpaired) electrons. The molecule has 284 valence electrons. The van der Waals surface area contributed by atoms with Gasteiger partial charge >= 0.3 is 0 Å². The van der Waals surface area contributed by atoms with Crippen LogP contribution >= 0.6 is 24.1 Å². The largest absolute Gasteiger partial charge is 0.457 e. The Labute approximate surface area is 352 Å². The van der Waals surface area contributed by atoms with Gasteiger partial charge in [0.15, 0.2) is 11.2 Å². The van der Waals surface area contributed by atoms with Gasteiger partial charge in [-0.25, -0.2) is 0 Å². The van der Waals surface area contributed by atoms with E-state index in [0.29, 0.717) is 35.6 Å². The minimum Gasteiger partial charge on any atom is -0.457 e. The third-order valence-corrected chi connectivity index (χ3v) is 9.12. The van der Waals surface area contributed by atoms with Crippen molar-refractivity contribution in [3.05, 3.63) is 203 Å². The molecule has 0 N–H and O–H groups in total. The van der Waals surface area contributed by atoms with Gasteiger partial charge in [-0.15, -0.1) is 21.5 Å². The molecule has 0 aliphatic rings. The van der Waals surface area contributed by atoms with Crippen LogP contribution in [0.25, 0.3) is 0 Å². The first-order valence-corrected chi connectivity index (χ1v) is 19.1. The lowest BCUT2D eigenvalue weighted by atomic mass is 9.80. The van der Waals surface area contributed by atoms with Crippen molar-refractivity contribution in [1.82, 2.24) is 0 Å². The zero-order valence-electron chi connectivity index (χ0n) is 31.0. The molecule has 7 nitrogen and oxygen atoms in total. The second-order valence-electron chi connectivity index (χ2n) is 11.8. The van der Waals surface area contributed by atoms with Crippen molar-refractivity contribution in [1.29, 1.82) is 0 Å². The molecule has 0 saturated carbocycles. The molecular weight excluding hydrogens is 777 g/mol. The summed E-state index contributed by atoms with van der Waals surface area (Å²) < 4.78 is 16.8. The van der Waals surface area contributed by atoms with Crippen molar-refractivity contribution in [3.63, 3.8) is 0 Å². The highest BCUT2D eigenvalue weighted by molar-refractivity contribution is 7.99. The summed E-state index contributed by atoms with van der Waals surface area (Å²) in [7, 11) is 0. The summed E-state index contributed by atoms with van der Waals surface area (Å²) in [5.74, 6) is 20.5. The Balaban J connectivity index is 1.28. The van der Waals surface area contributed by atoms with E-state index in [1.54, 1.807) is 0 Å². The lowest BCUT2D eigenvalue weighted by Gasteiger charge is -2.33. The molecule has 0 aromatic heterocycles. The highest BCUT2D eigenvalue weighted by Gasteiger charge is 2.41. The third kappa shape index (κ3) is 10.7. The van der Waals surface area contributed by atoms with Gasteiger partial charge in [-0.2, -0.15) is 9.78 Å². The van der Waals surface area contributed by atoms with Gasteiger partial charge in [-0.05, 0) is 93.2 Å². The fourth-order valence-corrected chi connectivity index (χ4v) is 6.42. The molecule has 0 atom stereocenters. The number of hydrogen-bond donors (Lipinski definition) is 0. The average molecular weight is 807 g/mol. The maximum absolute atomic E-state index is 6.37. The van der Waals surface area contributed by atoms with E-state index in [2.05, 4.69) is 57.9 Å². The van der Waals surface area contributed by atoms with Crippen molar-refractivity contribution >= 4 is 24.1 Å². The molecule has 0 saturated heterocycles. The van der Waals surface area contributed by atoms with Gasteiger partial charge in [0.2, 0.25) is 0 Å². The van der Waals surface area contributed by atoms with Crippen LogP contribution in [-0.2, 0) is 39.7 Å². The predicted molar refractivity (Wildman–Crippen MR) is 229 cm³/mol. The van der Waals surface area contributed by atoms with Crippen LogP contribution in [0, 0.1) is 70.7 Å². The van der Waals surface area contributed by atoms with Crippen LogP contribution in [0.15, 0.2) is 170 Å². The third-order valence-electron chi connectivity index (χ3n) is 8.50. The molecule has 0 fully saturated rings. The Morgan fingerprint density at radius 2 is 0.661 bits per heavy atom. The van der Waals surface area contributed by atoms with Crippen LogP contribution < -0.4 is 4.74 Å². The van der Waals surface area contributed by atoms with Gasteiger partial charge in [0.1, 0.15) is 35.6 Å². The Morgan fingerprint density at radius 1 is 0.356 bits per heavy atom. The van der Waals surface area contributed by atoms with Crippen LogP contribution in [0.1, 0.15) is 33.4 Å². The molecule has 6 aromatic rings. The van der Waals surface area contributed by atoms with Gasteiger partial charge in [-0.3, -0.25) is 0 Å². The van der Waals surface area contributed by atoms with E-state index in [1.165, 1.54) is 0 Å². The Kier molecular flexibility index (Phi) is 15.5. The second-order valence-corrected chi connectivity index (χ2v) is 12.8. The van der Waals surface area contributed by atoms with Gasteiger partial charge < -0.3 is 4.74 Å². The maximum Gasteiger partial charge on any atom is 0.182 e. The number of hydrogen-bond acceptors (Lipinski definition) is 9. The number of benzene rings is 6. The standard InChI is InChI=1S/C50H30O7S2/c1-3-5-7-21-39-58-56-54-52-49(41-23-13-9-14-24-41,42-25-15-10-16-26-42)45-31-35-47(36-32-45)51-48-37-33-46(34-38-48)50(43-27-17-11-18-28-43,44-29-19-12-20-30-44)53-55-57-59-40-22-8-6-4-2/h1-2,9-20,23-38H. The van der Waals surface area contributed by atoms with Crippen molar-refractivity contribution in [2.24, 2.45) is 0 Å². The first kappa shape index (κ1) is 41.6. The fraction of sp³-hybridized carbons (Fsp3) is 0.0400. The van der Waals surface area contributed by atoms with Crippen molar-refractivity contribution < 1.29 is 33.3 Å². The molecule has 0 amide bonds. The van der Waals surface area contributed by atoms with E-state index in [9.17, 15) is 0 Å². The van der Waals surface area contributed by atoms with Crippen molar-refractivity contribution in [2.75, 3.05) is 0 Å². The van der Waals surface area contributed by atoms with Gasteiger partial charge in [0, 0.05) is 22.3 Å². The summed E-state index contributed by atoms with van der Waals surface area (Å²) in [6.45, 7) is 0.